The number of halogens is 1. The number of amides is 1. The van der Waals surface area contributed by atoms with Crippen molar-refractivity contribution >= 4 is 33.0 Å². The van der Waals surface area contributed by atoms with Crippen molar-refractivity contribution < 1.29 is 13.2 Å². The van der Waals surface area contributed by atoms with E-state index in [9.17, 15) is 13.2 Å². The first-order chi connectivity index (χ1) is 7.34. The lowest BCUT2D eigenvalue weighted by Crippen LogP contribution is -2.13. The number of rotatable bonds is 3. The fourth-order valence-electron chi connectivity index (χ4n) is 1.34. The van der Waals surface area contributed by atoms with E-state index in [1.54, 1.807) is 13.0 Å². The minimum atomic E-state index is -3.22. The van der Waals surface area contributed by atoms with Crippen molar-refractivity contribution in [3.63, 3.8) is 0 Å². The van der Waals surface area contributed by atoms with Crippen molar-refractivity contribution in [3.05, 3.63) is 23.8 Å². The summed E-state index contributed by atoms with van der Waals surface area (Å²) in [6.07, 6.45) is 1.15. The number of benzene rings is 1. The van der Waals surface area contributed by atoms with Crippen LogP contribution in [0.15, 0.2) is 23.1 Å². The molecule has 0 aliphatic heterocycles. The second-order valence-corrected chi connectivity index (χ2v) is 5.69. The monoisotopic (exact) mass is 261 g/mol. The summed E-state index contributed by atoms with van der Waals surface area (Å²) in [7, 11) is -3.22. The molecule has 0 fully saturated rings. The predicted molar refractivity (Wildman–Crippen MR) is 63.6 cm³/mol. The minimum absolute atomic E-state index is 0.132. The molecule has 0 saturated carbocycles. The summed E-state index contributed by atoms with van der Waals surface area (Å²) in [6, 6.07) is 4.60. The van der Waals surface area contributed by atoms with Crippen LogP contribution in [0.5, 0.6) is 0 Å². The second-order valence-electron chi connectivity index (χ2n) is 3.43. The molecule has 16 heavy (non-hydrogen) atoms. The summed E-state index contributed by atoms with van der Waals surface area (Å²) < 4.78 is 22.7. The summed E-state index contributed by atoms with van der Waals surface area (Å²) >= 11 is 5.34. The van der Waals surface area contributed by atoms with Crippen molar-refractivity contribution in [2.45, 2.75) is 11.8 Å². The molecule has 1 N–H and O–H groups in total. The van der Waals surface area contributed by atoms with Crippen molar-refractivity contribution in [1.82, 2.24) is 0 Å². The quantitative estimate of drug-likeness (QED) is 0.840. The van der Waals surface area contributed by atoms with Gasteiger partial charge in [-0.15, -0.1) is 11.6 Å². The molecule has 1 amide bonds. The fourth-order valence-corrected chi connectivity index (χ4v) is 2.36. The zero-order valence-electron chi connectivity index (χ0n) is 8.95. The average Bonchev–Trinajstić information content (AvgIpc) is 2.15. The van der Waals surface area contributed by atoms with E-state index in [0.29, 0.717) is 11.3 Å². The summed E-state index contributed by atoms with van der Waals surface area (Å²) in [5.74, 6) is -0.458. The lowest BCUT2D eigenvalue weighted by Gasteiger charge is -2.07. The van der Waals surface area contributed by atoms with Crippen LogP contribution in [0, 0.1) is 6.92 Å². The van der Waals surface area contributed by atoms with Gasteiger partial charge in [0.15, 0.2) is 9.84 Å². The smallest absolute Gasteiger partial charge is 0.239 e. The topological polar surface area (TPSA) is 63.2 Å². The molecule has 0 bridgehead atoms. The van der Waals surface area contributed by atoms with E-state index in [2.05, 4.69) is 5.32 Å². The molecule has 0 aliphatic carbocycles. The third-order valence-corrected chi connectivity index (χ3v) is 3.48. The third kappa shape index (κ3) is 3.21. The maximum absolute atomic E-state index is 11.3. The van der Waals surface area contributed by atoms with E-state index >= 15 is 0 Å². The van der Waals surface area contributed by atoms with E-state index in [1.807, 2.05) is 0 Å². The zero-order valence-corrected chi connectivity index (χ0v) is 10.5. The van der Waals surface area contributed by atoms with Gasteiger partial charge in [-0.3, -0.25) is 4.79 Å². The number of hydrogen-bond donors (Lipinski definition) is 1. The molecule has 88 valence electrons. The van der Waals surface area contributed by atoms with Crippen LogP contribution in [0.4, 0.5) is 5.69 Å². The van der Waals surface area contributed by atoms with Crippen LogP contribution in [0.1, 0.15) is 5.56 Å². The largest absolute Gasteiger partial charge is 0.325 e. The van der Waals surface area contributed by atoms with Gasteiger partial charge in [0.1, 0.15) is 5.88 Å². The maximum atomic E-state index is 11.3. The molecular weight excluding hydrogens is 250 g/mol. The van der Waals surface area contributed by atoms with E-state index in [4.69, 9.17) is 11.6 Å². The van der Waals surface area contributed by atoms with E-state index < -0.39 is 9.84 Å². The molecule has 0 heterocycles. The summed E-state index contributed by atoms with van der Waals surface area (Å²) in [4.78, 5) is 11.3. The molecule has 1 aromatic rings. The molecule has 1 aromatic carbocycles. The van der Waals surface area contributed by atoms with Crippen LogP contribution >= 0.6 is 11.6 Å². The van der Waals surface area contributed by atoms with Gasteiger partial charge >= 0.3 is 0 Å². The Hall–Kier alpha value is -1.07. The van der Waals surface area contributed by atoms with Gasteiger partial charge in [0.25, 0.3) is 0 Å². The number of aryl methyl sites for hydroxylation is 1. The van der Waals surface area contributed by atoms with Crippen molar-refractivity contribution in [1.29, 1.82) is 0 Å². The first-order valence-electron chi connectivity index (χ1n) is 4.51. The average molecular weight is 262 g/mol. The molecule has 6 heteroatoms. The molecule has 0 unspecified atom stereocenters. The Morgan fingerprint density at radius 1 is 1.44 bits per heavy atom. The van der Waals surface area contributed by atoms with Crippen LogP contribution < -0.4 is 5.32 Å². The Bertz CT molecular complexity index is 511. The number of carbonyl (C=O) groups is 1. The highest BCUT2D eigenvalue weighted by atomic mass is 35.5. The highest BCUT2D eigenvalue weighted by molar-refractivity contribution is 7.90. The van der Waals surface area contributed by atoms with Gasteiger partial charge < -0.3 is 5.32 Å². The number of alkyl halides is 1. The van der Waals surface area contributed by atoms with Gasteiger partial charge in [-0.25, -0.2) is 8.42 Å². The van der Waals surface area contributed by atoms with Gasteiger partial charge in [-0.05, 0) is 30.7 Å². The summed E-state index contributed by atoms with van der Waals surface area (Å²) in [6.45, 7) is 1.67. The molecule has 0 radical (unpaired) electrons. The van der Waals surface area contributed by atoms with Crippen LogP contribution in [-0.2, 0) is 14.6 Å². The Labute approximate surface area is 99.5 Å². The highest BCUT2D eigenvalue weighted by Crippen LogP contribution is 2.19. The molecule has 1 rings (SSSR count). The van der Waals surface area contributed by atoms with Crippen molar-refractivity contribution in [2.75, 3.05) is 17.5 Å². The number of hydrogen-bond acceptors (Lipinski definition) is 3. The minimum Gasteiger partial charge on any atom is -0.325 e. The molecular formula is C10H12ClNO3S. The lowest BCUT2D eigenvalue weighted by molar-refractivity contribution is -0.113. The maximum Gasteiger partial charge on any atom is 0.239 e. The van der Waals surface area contributed by atoms with Gasteiger partial charge in [0, 0.05) is 11.9 Å². The first-order valence-corrected chi connectivity index (χ1v) is 6.93. The Morgan fingerprint density at radius 3 is 2.50 bits per heavy atom. The molecule has 4 nitrogen and oxygen atoms in total. The Kier molecular flexibility index (Phi) is 3.93. The molecule has 0 atom stereocenters. The third-order valence-electron chi connectivity index (χ3n) is 1.98. The Morgan fingerprint density at radius 2 is 2.06 bits per heavy atom. The molecule has 0 aromatic heterocycles. The SMILES string of the molecule is Cc1cc(NC(=O)CCl)ccc1S(C)(=O)=O. The van der Waals surface area contributed by atoms with Gasteiger partial charge in [-0.2, -0.15) is 0 Å². The van der Waals surface area contributed by atoms with E-state index in [-0.39, 0.29) is 16.7 Å². The molecule has 0 saturated heterocycles. The van der Waals surface area contributed by atoms with Crippen molar-refractivity contribution in [3.8, 4) is 0 Å². The van der Waals surface area contributed by atoms with Crippen molar-refractivity contribution in [2.24, 2.45) is 0 Å². The molecule has 0 spiro atoms. The number of nitrogens with one attached hydrogen (secondary N) is 1. The lowest BCUT2D eigenvalue weighted by atomic mass is 10.2. The molecule has 0 aliphatic rings. The van der Waals surface area contributed by atoms with Crippen LogP contribution in [0.2, 0.25) is 0 Å². The number of anilines is 1. The number of sulfone groups is 1. The van der Waals surface area contributed by atoms with E-state index in [1.165, 1.54) is 12.1 Å². The van der Waals surface area contributed by atoms with Gasteiger partial charge in [-0.1, -0.05) is 0 Å². The van der Waals surface area contributed by atoms with Crippen LogP contribution in [-0.4, -0.2) is 26.5 Å². The van der Waals surface area contributed by atoms with Gasteiger partial charge in [0.05, 0.1) is 4.90 Å². The standard InChI is InChI=1S/C10H12ClNO3S/c1-7-5-8(12-10(13)6-11)3-4-9(7)16(2,14)15/h3-5H,6H2,1-2H3,(H,12,13). The fraction of sp³-hybridized carbons (Fsp3) is 0.300. The van der Waals surface area contributed by atoms with Crippen LogP contribution in [0.3, 0.4) is 0 Å². The van der Waals surface area contributed by atoms with Crippen LogP contribution in [0.25, 0.3) is 0 Å². The normalized spacial score (nSPS) is 11.2. The summed E-state index contributed by atoms with van der Waals surface area (Å²) in [5, 5.41) is 2.55. The highest BCUT2D eigenvalue weighted by Gasteiger charge is 2.11. The first kappa shape index (κ1) is 13.0. The second kappa shape index (κ2) is 4.84. The number of carbonyl (C=O) groups excluding carboxylic acids is 1. The zero-order chi connectivity index (χ0) is 12.3. The van der Waals surface area contributed by atoms with E-state index in [0.717, 1.165) is 6.26 Å². The Balaban J connectivity index is 3.05. The van der Waals surface area contributed by atoms with Gasteiger partial charge in [0.2, 0.25) is 5.91 Å². The summed E-state index contributed by atoms with van der Waals surface area (Å²) in [5.41, 5.74) is 1.13. The predicted octanol–water partition coefficient (Wildman–Crippen LogP) is 1.58.